The monoisotopic (exact) mass is 253 g/mol. The molecule has 0 aromatic carbocycles. The second-order valence-electron chi connectivity index (χ2n) is 4.41. The van der Waals surface area contributed by atoms with Gasteiger partial charge in [0.1, 0.15) is 11.9 Å². The summed E-state index contributed by atoms with van der Waals surface area (Å²) in [6.45, 7) is 3.63. The van der Waals surface area contributed by atoms with Crippen molar-refractivity contribution in [2.45, 2.75) is 19.0 Å². The SMILES string of the molecule is CC(c1cncc(F)c1)N1CCNCC1C(=O)O. The normalized spacial score (nSPS) is 22.7. The Bertz CT molecular complexity index is 441. The Morgan fingerprint density at radius 1 is 1.67 bits per heavy atom. The lowest BCUT2D eigenvalue weighted by Gasteiger charge is -2.37. The molecular weight excluding hydrogens is 237 g/mol. The quantitative estimate of drug-likeness (QED) is 0.827. The van der Waals surface area contributed by atoms with Crippen LogP contribution in [0.15, 0.2) is 18.5 Å². The second kappa shape index (κ2) is 5.41. The van der Waals surface area contributed by atoms with Crippen molar-refractivity contribution in [3.05, 3.63) is 29.8 Å². The van der Waals surface area contributed by atoms with Crippen molar-refractivity contribution >= 4 is 5.97 Å². The summed E-state index contributed by atoms with van der Waals surface area (Å²) in [6.07, 6.45) is 2.72. The molecule has 2 atom stereocenters. The summed E-state index contributed by atoms with van der Waals surface area (Å²) in [6, 6.07) is 0.645. The van der Waals surface area contributed by atoms with Crippen LogP contribution in [0, 0.1) is 5.82 Å². The van der Waals surface area contributed by atoms with Gasteiger partial charge in [-0.15, -0.1) is 0 Å². The van der Waals surface area contributed by atoms with Crippen molar-refractivity contribution in [1.82, 2.24) is 15.2 Å². The molecule has 0 amide bonds. The Morgan fingerprint density at radius 2 is 2.44 bits per heavy atom. The van der Waals surface area contributed by atoms with Crippen LogP contribution < -0.4 is 5.32 Å². The Morgan fingerprint density at radius 3 is 3.11 bits per heavy atom. The molecule has 1 fully saturated rings. The summed E-state index contributed by atoms with van der Waals surface area (Å²) in [4.78, 5) is 16.9. The average Bonchev–Trinajstić information content (AvgIpc) is 2.38. The molecule has 6 heteroatoms. The van der Waals surface area contributed by atoms with E-state index in [0.717, 1.165) is 12.7 Å². The van der Waals surface area contributed by atoms with Crippen LogP contribution in [0.25, 0.3) is 0 Å². The van der Waals surface area contributed by atoms with Crippen LogP contribution in [-0.4, -0.2) is 46.6 Å². The van der Waals surface area contributed by atoms with Gasteiger partial charge in [-0.2, -0.15) is 0 Å². The number of pyridine rings is 1. The van der Waals surface area contributed by atoms with E-state index in [-0.39, 0.29) is 6.04 Å². The molecule has 1 aromatic heterocycles. The molecule has 2 rings (SSSR count). The Balaban J connectivity index is 2.20. The van der Waals surface area contributed by atoms with Gasteiger partial charge in [0, 0.05) is 31.9 Å². The summed E-state index contributed by atoms with van der Waals surface area (Å²) in [5, 5.41) is 12.2. The van der Waals surface area contributed by atoms with Crippen LogP contribution in [0.2, 0.25) is 0 Å². The van der Waals surface area contributed by atoms with E-state index < -0.39 is 17.8 Å². The Kier molecular flexibility index (Phi) is 3.88. The largest absolute Gasteiger partial charge is 0.480 e. The zero-order valence-corrected chi connectivity index (χ0v) is 10.1. The molecule has 98 valence electrons. The summed E-state index contributed by atoms with van der Waals surface area (Å²) < 4.78 is 13.1. The van der Waals surface area contributed by atoms with Crippen molar-refractivity contribution in [2.24, 2.45) is 0 Å². The predicted molar refractivity (Wildman–Crippen MR) is 63.6 cm³/mol. The smallest absolute Gasteiger partial charge is 0.322 e. The minimum atomic E-state index is -0.863. The van der Waals surface area contributed by atoms with E-state index in [0.29, 0.717) is 18.7 Å². The molecule has 5 nitrogen and oxygen atoms in total. The lowest BCUT2D eigenvalue weighted by molar-refractivity contribution is -0.145. The predicted octanol–water partition coefficient (Wildman–Crippen LogP) is 0.640. The number of nitrogens with zero attached hydrogens (tertiary/aromatic N) is 2. The molecule has 2 unspecified atom stereocenters. The number of hydrogen-bond acceptors (Lipinski definition) is 4. The highest BCUT2D eigenvalue weighted by molar-refractivity contribution is 5.74. The zero-order chi connectivity index (χ0) is 13.1. The van der Waals surface area contributed by atoms with Crippen molar-refractivity contribution in [3.63, 3.8) is 0 Å². The van der Waals surface area contributed by atoms with E-state index in [4.69, 9.17) is 0 Å². The number of carboxylic acids is 1. The third-order valence-electron chi connectivity index (χ3n) is 3.28. The van der Waals surface area contributed by atoms with Crippen LogP contribution >= 0.6 is 0 Å². The number of rotatable bonds is 3. The molecular formula is C12H16FN3O2. The van der Waals surface area contributed by atoms with E-state index in [1.54, 1.807) is 6.20 Å². The standard InChI is InChI=1S/C12H16FN3O2/c1-8(9-4-10(13)6-15-5-9)16-3-2-14-7-11(16)12(17)18/h4-6,8,11,14H,2-3,7H2,1H3,(H,17,18). The number of hydrogen-bond donors (Lipinski definition) is 2. The molecule has 1 aliphatic heterocycles. The van der Waals surface area contributed by atoms with Crippen molar-refractivity contribution in [1.29, 1.82) is 0 Å². The first-order chi connectivity index (χ1) is 8.59. The third-order valence-corrected chi connectivity index (χ3v) is 3.28. The van der Waals surface area contributed by atoms with Gasteiger partial charge in [0.15, 0.2) is 0 Å². The molecule has 2 N–H and O–H groups in total. The molecule has 1 saturated heterocycles. The molecule has 1 aliphatic rings. The summed E-state index contributed by atoms with van der Waals surface area (Å²) >= 11 is 0. The van der Waals surface area contributed by atoms with Crippen LogP contribution in [0.3, 0.4) is 0 Å². The van der Waals surface area contributed by atoms with Crippen molar-refractivity contribution < 1.29 is 14.3 Å². The fourth-order valence-electron chi connectivity index (χ4n) is 2.26. The van der Waals surface area contributed by atoms with E-state index >= 15 is 0 Å². The van der Waals surface area contributed by atoms with Gasteiger partial charge in [-0.05, 0) is 18.6 Å². The van der Waals surface area contributed by atoms with Gasteiger partial charge in [0.25, 0.3) is 0 Å². The Labute approximate surface area is 105 Å². The van der Waals surface area contributed by atoms with Gasteiger partial charge >= 0.3 is 5.97 Å². The van der Waals surface area contributed by atoms with Crippen LogP contribution in [-0.2, 0) is 4.79 Å². The number of halogens is 1. The van der Waals surface area contributed by atoms with Gasteiger partial charge in [-0.1, -0.05) is 0 Å². The highest BCUT2D eigenvalue weighted by Gasteiger charge is 2.32. The lowest BCUT2D eigenvalue weighted by Crippen LogP contribution is -2.55. The van der Waals surface area contributed by atoms with Crippen LogP contribution in [0.4, 0.5) is 4.39 Å². The second-order valence-corrected chi connectivity index (χ2v) is 4.41. The number of aromatic nitrogens is 1. The molecule has 0 radical (unpaired) electrons. The fourth-order valence-corrected chi connectivity index (χ4v) is 2.26. The van der Waals surface area contributed by atoms with Crippen LogP contribution in [0.1, 0.15) is 18.5 Å². The first-order valence-corrected chi connectivity index (χ1v) is 5.89. The maximum absolute atomic E-state index is 13.1. The van der Waals surface area contributed by atoms with Crippen molar-refractivity contribution in [2.75, 3.05) is 19.6 Å². The molecule has 0 bridgehead atoms. The topological polar surface area (TPSA) is 65.5 Å². The van der Waals surface area contributed by atoms with Crippen LogP contribution in [0.5, 0.6) is 0 Å². The first-order valence-electron chi connectivity index (χ1n) is 5.89. The highest BCUT2D eigenvalue weighted by atomic mass is 19.1. The molecule has 2 heterocycles. The van der Waals surface area contributed by atoms with Crippen molar-refractivity contribution in [3.8, 4) is 0 Å². The van der Waals surface area contributed by atoms with E-state index in [2.05, 4.69) is 10.3 Å². The number of piperazine rings is 1. The van der Waals surface area contributed by atoms with E-state index in [9.17, 15) is 14.3 Å². The number of carboxylic acid groups (broad SMARTS) is 1. The molecule has 0 saturated carbocycles. The summed E-state index contributed by atoms with van der Waals surface area (Å²) in [7, 11) is 0. The maximum atomic E-state index is 13.1. The van der Waals surface area contributed by atoms with E-state index in [1.807, 2.05) is 11.8 Å². The number of nitrogens with one attached hydrogen (secondary N) is 1. The van der Waals surface area contributed by atoms with Gasteiger partial charge in [-0.25, -0.2) is 4.39 Å². The van der Waals surface area contributed by atoms with Gasteiger partial charge in [0.05, 0.1) is 6.20 Å². The Hall–Kier alpha value is -1.53. The van der Waals surface area contributed by atoms with E-state index in [1.165, 1.54) is 6.07 Å². The first kappa shape index (κ1) is 12.9. The molecule has 18 heavy (non-hydrogen) atoms. The average molecular weight is 253 g/mol. The third kappa shape index (κ3) is 2.65. The number of aliphatic carboxylic acids is 1. The van der Waals surface area contributed by atoms with Gasteiger partial charge < -0.3 is 10.4 Å². The minimum absolute atomic E-state index is 0.170. The van der Waals surface area contributed by atoms with Gasteiger partial charge in [-0.3, -0.25) is 14.7 Å². The highest BCUT2D eigenvalue weighted by Crippen LogP contribution is 2.23. The molecule has 1 aromatic rings. The summed E-state index contributed by atoms with van der Waals surface area (Å²) in [5.74, 6) is -1.26. The minimum Gasteiger partial charge on any atom is -0.480 e. The molecule has 0 aliphatic carbocycles. The number of carbonyl (C=O) groups is 1. The lowest BCUT2D eigenvalue weighted by atomic mass is 10.0. The summed E-state index contributed by atoms with van der Waals surface area (Å²) in [5.41, 5.74) is 0.697. The molecule has 0 spiro atoms. The van der Waals surface area contributed by atoms with Gasteiger partial charge in [0.2, 0.25) is 0 Å². The fraction of sp³-hybridized carbons (Fsp3) is 0.500. The zero-order valence-electron chi connectivity index (χ0n) is 10.1. The maximum Gasteiger partial charge on any atom is 0.322 e.